The fourth-order valence-electron chi connectivity index (χ4n) is 1.32. The maximum atomic E-state index is 9.69. The molecule has 1 N–H and O–H groups in total. The van der Waals surface area contributed by atoms with Crippen LogP contribution in [0, 0.1) is 0 Å². The van der Waals surface area contributed by atoms with Crippen molar-refractivity contribution in [3.63, 3.8) is 0 Å². The van der Waals surface area contributed by atoms with Crippen LogP contribution in [0.4, 0.5) is 0 Å². The van der Waals surface area contributed by atoms with Crippen LogP contribution in [0.25, 0.3) is 0 Å². The Morgan fingerprint density at radius 3 is 1.23 bits per heavy atom. The van der Waals surface area contributed by atoms with E-state index in [4.69, 9.17) is 0 Å². The van der Waals surface area contributed by atoms with Crippen LogP contribution in [-0.4, -0.2) is 75.6 Å². The van der Waals surface area contributed by atoms with Gasteiger partial charge in [-0.05, 0) is 0 Å². The summed E-state index contributed by atoms with van der Waals surface area (Å²) in [6.45, 7) is 1.63. The molecule has 0 atom stereocenters. The number of nitrogens with zero attached hydrogens (tertiary/aromatic N) is 2. The van der Waals surface area contributed by atoms with Crippen molar-refractivity contribution in [1.29, 1.82) is 0 Å². The molecule has 0 heterocycles. The molecule has 0 saturated carbocycles. The maximum absolute atomic E-state index is 9.69. The van der Waals surface area contributed by atoms with E-state index < -0.39 is 0 Å². The number of quaternary nitrogens is 2. The molecule has 0 spiro atoms. The minimum Gasteiger partial charge on any atom is -1.00 e. The highest BCUT2D eigenvalue weighted by atomic mass is 127. The molecule has 0 aliphatic heterocycles. The van der Waals surface area contributed by atoms with E-state index in [0.29, 0.717) is 0 Å². The van der Waals surface area contributed by atoms with Crippen molar-refractivity contribution in [2.75, 3.05) is 55.4 Å². The largest absolute Gasteiger partial charge is 1.00 e. The Balaban J connectivity index is 0. The van der Waals surface area contributed by atoms with E-state index in [1.54, 1.807) is 0 Å². The van der Waals surface area contributed by atoms with E-state index in [-0.39, 0.29) is 30.1 Å². The first-order chi connectivity index (χ1) is 5.10. The Morgan fingerprint density at radius 2 is 1.08 bits per heavy atom. The van der Waals surface area contributed by atoms with E-state index in [2.05, 4.69) is 42.3 Å². The number of likely N-dealkylation sites (N-methyl/N-ethyl adjacent to an activating group) is 2. The summed E-state index contributed by atoms with van der Waals surface area (Å²) in [6.07, 6.45) is -0.204. The molecule has 0 aliphatic carbocycles. The zero-order valence-corrected chi connectivity index (χ0v) is 11.9. The third-order valence-corrected chi connectivity index (χ3v) is 1.52. The van der Waals surface area contributed by atoms with Crippen molar-refractivity contribution in [2.24, 2.45) is 0 Å². The Hall–Kier alpha value is 0.610. The standard InChI is InChI=1S/C9H24N2O.HI/c1-10(2,3)7-9(12)8-11(4,5)6;/h9,12H,7-8H2,1-6H3;1H/q+2;/p-1. The average molecular weight is 303 g/mol. The van der Waals surface area contributed by atoms with Gasteiger partial charge in [-0.25, -0.2) is 0 Å². The normalized spacial score (nSPS) is 12.9. The van der Waals surface area contributed by atoms with Gasteiger partial charge in [-0.2, -0.15) is 0 Å². The second-order valence-electron chi connectivity index (χ2n) is 5.60. The summed E-state index contributed by atoms with van der Waals surface area (Å²) in [7, 11) is 12.6. The highest BCUT2D eigenvalue weighted by Gasteiger charge is 2.21. The highest BCUT2D eigenvalue weighted by Crippen LogP contribution is 1.99. The topological polar surface area (TPSA) is 20.2 Å². The summed E-state index contributed by atoms with van der Waals surface area (Å²) in [6, 6.07) is 0. The molecule has 0 unspecified atom stereocenters. The van der Waals surface area contributed by atoms with Gasteiger partial charge in [0.15, 0.2) is 6.10 Å². The summed E-state index contributed by atoms with van der Waals surface area (Å²) >= 11 is 0. The molecule has 4 heteroatoms. The zero-order valence-electron chi connectivity index (χ0n) is 9.71. The van der Waals surface area contributed by atoms with E-state index in [1.165, 1.54) is 0 Å². The van der Waals surface area contributed by atoms with Crippen LogP contribution in [0.5, 0.6) is 0 Å². The Bertz CT molecular complexity index is 122. The molecule has 0 aliphatic rings. The SMILES string of the molecule is C[N+](C)(C)CC(O)C[N+](C)(C)C.[I-]. The Kier molecular flexibility index (Phi) is 6.77. The molecular formula is C9H24IN2O+. The van der Waals surface area contributed by atoms with Crippen LogP contribution in [0.2, 0.25) is 0 Å². The highest BCUT2D eigenvalue weighted by molar-refractivity contribution is 4.50. The van der Waals surface area contributed by atoms with Gasteiger partial charge in [0.05, 0.1) is 42.3 Å². The van der Waals surface area contributed by atoms with E-state index >= 15 is 0 Å². The molecule has 3 nitrogen and oxygen atoms in total. The minimum atomic E-state index is -0.204. The quantitative estimate of drug-likeness (QED) is 0.428. The molecule has 0 radical (unpaired) electrons. The number of aliphatic hydroxyl groups excluding tert-OH is 1. The molecule has 13 heavy (non-hydrogen) atoms. The van der Waals surface area contributed by atoms with Gasteiger partial charge in [-0.3, -0.25) is 0 Å². The number of aliphatic hydroxyl groups is 1. The van der Waals surface area contributed by atoms with Gasteiger partial charge in [0.25, 0.3) is 0 Å². The smallest absolute Gasteiger partial charge is 0.152 e. The van der Waals surface area contributed by atoms with Crippen LogP contribution in [0.1, 0.15) is 0 Å². The first-order valence-electron chi connectivity index (χ1n) is 4.39. The van der Waals surface area contributed by atoms with E-state index in [0.717, 1.165) is 22.1 Å². The summed E-state index contributed by atoms with van der Waals surface area (Å²) in [5, 5.41) is 9.69. The van der Waals surface area contributed by atoms with Crippen LogP contribution in [0.3, 0.4) is 0 Å². The molecule has 0 amide bonds. The van der Waals surface area contributed by atoms with Gasteiger partial charge < -0.3 is 38.0 Å². The van der Waals surface area contributed by atoms with Gasteiger partial charge in [0, 0.05) is 0 Å². The lowest BCUT2D eigenvalue weighted by Gasteiger charge is -2.31. The fourth-order valence-corrected chi connectivity index (χ4v) is 1.32. The first kappa shape index (κ1) is 16.1. The van der Waals surface area contributed by atoms with Crippen molar-refractivity contribution in [1.82, 2.24) is 0 Å². The Morgan fingerprint density at radius 1 is 0.846 bits per heavy atom. The molecule has 0 bridgehead atoms. The van der Waals surface area contributed by atoms with Gasteiger partial charge in [-0.1, -0.05) is 0 Å². The van der Waals surface area contributed by atoms with Crippen molar-refractivity contribution in [3.8, 4) is 0 Å². The lowest BCUT2D eigenvalue weighted by Crippen LogP contribution is -3.00. The van der Waals surface area contributed by atoms with Gasteiger partial charge >= 0.3 is 0 Å². The molecule has 82 valence electrons. The Labute approximate surface area is 99.5 Å². The number of hydrogen-bond donors (Lipinski definition) is 1. The predicted molar refractivity (Wildman–Crippen MR) is 51.8 cm³/mol. The number of hydrogen-bond acceptors (Lipinski definition) is 1. The molecule has 0 rings (SSSR count). The molecule has 0 aromatic rings. The van der Waals surface area contributed by atoms with E-state index in [9.17, 15) is 5.11 Å². The second kappa shape index (κ2) is 5.48. The summed E-state index contributed by atoms with van der Waals surface area (Å²) in [4.78, 5) is 0. The summed E-state index contributed by atoms with van der Waals surface area (Å²) < 4.78 is 1.64. The fraction of sp³-hybridized carbons (Fsp3) is 1.00. The second-order valence-corrected chi connectivity index (χ2v) is 5.60. The van der Waals surface area contributed by atoms with Gasteiger partial charge in [0.2, 0.25) is 0 Å². The summed E-state index contributed by atoms with van der Waals surface area (Å²) in [5.41, 5.74) is 0. The maximum Gasteiger partial charge on any atom is 0.152 e. The molecule has 0 fully saturated rings. The number of halogens is 1. The van der Waals surface area contributed by atoms with E-state index in [1.807, 2.05) is 0 Å². The molecule has 0 saturated heterocycles. The lowest BCUT2D eigenvalue weighted by atomic mass is 10.3. The van der Waals surface area contributed by atoms with Gasteiger partial charge in [-0.15, -0.1) is 0 Å². The van der Waals surface area contributed by atoms with Crippen molar-refractivity contribution >= 4 is 0 Å². The first-order valence-corrected chi connectivity index (χ1v) is 4.39. The molecule has 0 aromatic heterocycles. The number of rotatable bonds is 4. The van der Waals surface area contributed by atoms with Crippen molar-refractivity contribution < 1.29 is 38.0 Å². The van der Waals surface area contributed by atoms with Crippen LogP contribution in [-0.2, 0) is 0 Å². The minimum absolute atomic E-state index is 0. The lowest BCUT2D eigenvalue weighted by molar-refractivity contribution is -0.895. The third kappa shape index (κ3) is 12.6. The summed E-state index contributed by atoms with van der Waals surface area (Å²) in [5.74, 6) is 0. The molecular weight excluding hydrogens is 279 g/mol. The van der Waals surface area contributed by atoms with Crippen molar-refractivity contribution in [2.45, 2.75) is 6.10 Å². The third-order valence-electron chi connectivity index (χ3n) is 1.52. The van der Waals surface area contributed by atoms with Crippen LogP contribution in [0.15, 0.2) is 0 Å². The van der Waals surface area contributed by atoms with Crippen LogP contribution >= 0.6 is 0 Å². The average Bonchev–Trinajstić information content (AvgIpc) is 1.49. The zero-order chi connectivity index (χ0) is 9.99. The van der Waals surface area contributed by atoms with Gasteiger partial charge in [0.1, 0.15) is 13.1 Å². The molecule has 0 aromatic carbocycles. The predicted octanol–water partition coefficient (Wildman–Crippen LogP) is -3.24. The van der Waals surface area contributed by atoms with Crippen LogP contribution < -0.4 is 24.0 Å². The van der Waals surface area contributed by atoms with Crippen molar-refractivity contribution in [3.05, 3.63) is 0 Å². The monoisotopic (exact) mass is 303 g/mol.